The van der Waals surface area contributed by atoms with E-state index in [0.717, 1.165) is 16.4 Å². The summed E-state index contributed by atoms with van der Waals surface area (Å²) in [5, 5.41) is 45.8. The molecule has 1 amide bonds. The van der Waals surface area contributed by atoms with Gasteiger partial charge in [0.15, 0.2) is 13.0 Å². The highest BCUT2D eigenvalue weighted by atomic mass is 32.2. The number of carboxylic acid groups (broad SMARTS) is 1. The van der Waals surface area contributed by atoms with Crippen molar-refractivity contribution in [3.05, 3.63) is 41.0 Å². The maximum atomic E-state index is 12.6. The predicted molar refractivity (Wildman–Crippen MR) is 112 cm³/mol. The van der Waals surface area contributed by atoms with Gasteiger partial charge in [-0.05, 0) is 31.2 Å². The van der Waals surface area contributed by atoms with Crippen molar-refractivity contribution in [2.75, 3.05) is 11.1 Å². The lowest BCUT2D eigenvalue weighted by atomic mass is 10.0. The van der Waals surface area contributed by atoms with Gasteiger partial charge in [0.05, 0.1) is 27.2 Å². The average Bonchev–Trinajstić information content (AvgIpc) is 3.11. The summed E-state index contributed by atoms with van der Waals surface area (Å²) in [4.78, 5) is 27.7. The lowest BCUT2D eigenvalue weighted by Gasteiger charge is -2.15. The van der Waals surface area contributed by atoms with Gasteiger partial charge >= 0.3 is 5.97 Å². The quantitative estimate of drug-likeness (QED) is 0.342. The molecule has 4 N–H and O–H groups in total. The second-order valence-electron chi connectivity index (χ2n) is 6.62. The minimum absolute atomic E-state index is 0.0356. The second-order valence-corrected chi connectivity index (χ2v) is 7.94. The Kier molecular flexibility index (Phi) is 6.46. The van der Waals surface area contributed by atoms with E-state index in [4.69, 9.17) is 10.8 Å². The van der Waals surface area contributed by atoms with Crippen molar-refractivity contribution in [2.45, 2.75) is 17.2 Å². The number of carbonyl (C=O) groups excluding carboxylic acids is 1. The van der Waals surface area contributed by atoms with E-state index in [1.54, 1.807) is 6.92 Å². The van der Waals surface area contributed by atoms with Crippen LogP contribution in [-0.4, -0.2) is 32.5 Å². The normalized spacial score (nSPS) is 11.3. The number of amides is 1. The number of hydrogen-bond donors (Lipinski definition) is 3. The van der Waals surface area contributed by atoms with Crippen LogP contribution >= 0.6 is 11.8 Å². The molecule has 3 rings (SSSR count). The first kappa shape index (κ1) is 23.1. The number of rotatable bonds is 6. The number of nitrogen functional groups attached to an aromatic ring is 1. The first-order valence-corrected chi connectivity index (χ1v) is 10.0. The summed E-state index contributed by atoms with van der Waals surface area (Å²) in [6, 6.07) is 9.33. The molecule has 33 heavy (non-hydrogen) atoms. The van der Waals surface area contributed by atoms with Gasteiger partial charge in [0.2, 0.25) is 5.91 Å². The molecule has 2 heterocycles. The number of thioether (sulfide) groups is 1. The van der Waals surface area contributed by atoms with E-state index in [2.05, 4.69) is 20.1 Å². The van der Waals surface area contributed by atoms with Gasteiger partial charge in [-0.25, -0.2) is 9.78 Å². The molecule has 0 aliphatic heterocycles. The molecular weight excluding hydrogens is 450 g/mol. The summed E-state index contributed by atoms with van der Waals surface area (Å²) < 4.78 is 5.68. The molecule has 1 unspecified atom stereocenters. The lowest BCUT2D eigenvalue weighted by Crippen LogP contribution is -2.32. The number of nitrogens with one attached hydrogen (secondary N) is 1. The second kappa shape index (κ2) is 9.25. The third-order valence-corrected chi connectivity index (χ3v) is 5.56. The number of nitriles is 2. The van der Waals surface area contributed by atoms with E-state index in [1.165, 1.54) is 31.3 Å². The highest BCUT2D eigenvalue weighted by Gasteiger charge is 2.30. The van der Waals surface area contributed by atoms with Crippen molar-refractivity contribution in [2.24, 2.45) is 7.05 Å². The van der Waals surface area contributed by atoms with Crippen molar-refractivity contribution in [3.63, 3.8) is 0 Å². The van der Waals surface area contributed by atoms with Gasteiger partial charge in [0, 0.05) is 5.69 Å². The van der Waals surface area contributed by atoms with Crippen LogP contribution in [0.4, 0.5) is 11.5 Å². The summed E-state index contributed by atoms with van der Waals surface area (Å²) in [7, 11) is 1.40. The van der Waals surface area contributed by atoms with Gasteiger partial charge in [0.25, 0.3) is 5.69 Å². The van der Waals surface area contributed by atoms with E-state index in [0.29, 0.717) is 5.69 Å². The Morgan fingerprint density at radius 2 is 1.91 bits per heavy atom. The van der Waals surface area contributed by atoms with E-state index < -0.39 is 23.1 Å². The first-order chi connectivity index (χ1) is 15.7. The Labute approximate surface area is 190 Å². The maximum absolute atomic E-state index is 12.6. The summed E-state index contributed by atoms with van der Waals surface area (Å²) in [6.07, 6.45) is 0. The van der Waals surface area contributed by atoms with Crippen molar-refractivity contribution < 1.29 is 29.0 Å². The first-order valence-electron chi connectivity index (χ1n) is 9.15. The molecule has 3 aromatic rings. The number of nitrogens with zero attached hydrogens (tertiary/aromatic N) is 5. The number of benzene rings is 1. The zero-order valence-electron chi connectivity index (χ0n) is 17.2. The van der Waals surface area contributed by atoms with E-state index in [1.807, 2.05) is 12.1 Å². The molecule has 166 valence electrons. The average molecular weight is 465 g/mol. The smallest absolute Gasteiger partial charge is 0.335 e. The van der Waals surface area contributed by atoms with E-state index in [9.17, 15) is 25.2 Å². The summed E-state index contributed by atoms with van der Waals surface area (Å²) in [6.45, 7) is 1.56. The molecule has 0 radical (unpaired) electrons. The van der Waals surface area contributed by atoms with Crippen LogP contribution in [-0.2, 0) is 11.8 Å². The maximum Gasteiger partial charge on any atom is 0.335 e. The monoisotopic (exact) mass is 465 g/mol. The number of hydrogen-bond acceptors (Lipinski definition) is 10. The fourth-order valence-corrected chi connectivity index (χ4v) is 3.78. The van der Waals surface area contributed by atoms with Gasteiger partial charge in [-0.3, -0.25) is 4.79 Å². The van der Waals surface area contributed by atoms with Gasteiger partial charge in [-0.15, -0.1) is 0 Å². The highest BCUT2D eigenvalue weighted by Crippen LogP contribution is 2.37. The van der Waals surface area contributed by atoms with E-state index >= 15 is 0 Å². The molecule has 0 spiro atoms. The third kappa shape index (κ3) is 4.53. The van der Waals surface area contributed by atoms with Crippen molar-refractivity contribution in [1.29, 1.82) is 10.5 Å². The van der Waals surface area contributed by atoms with Crippen LogP contribution < -0.4 is 20.8 Å². The molecule has 1 aromatic carbocycles. The molecule has 1 atom stereocenters. The fourth-order valence-electron chi connectivity index (χ4n) is 2.86. The number of carboxylic acids is 1. The van der Waals surface area contributed by atoms with E-state index in [-0.39, 0.29) is 38.8 Å². The van der Waals surface area contributed by atoms with Crippen LogP contribution in [0.25, 0.3) is 11.3 Å². The molecule has 0 aliphatic carbocycles. The molecule has 0 saturated carbocycles. The summed E-state index contributed by atoms with van der Waals surface area (Å²) >= 11 is 0.895. The van der Waals surface area contributed by atoms with Crippen molar-refractivity contribution >= 4 is 35.1 Å². The number of anilines is 2. The van der Waals surface area contributed by atoms with Crippen molar-refractivity contribution in [1.82, 2.24) is 10.3 Å². The van der Waals surface area contributed by atoms with Crippen LogP contribution in [0.5, 0.6) is 5.95 Å². The van der Waals surface area contributed by atoms with Crippen LogP contribution in [0.2, 0.25) is 0 Å². The number of pyridine rings is 1. The van der Waals surface area contributed by atoms with Crippen LogP contribution in [0, 0.1) is 22.7 Å². The minimum Gasteiger partial charge on any atom is -0.539 e. The molecular formula is C20H15N7O5S. The Balaban J connectivity index is 1.95. The number of carbonyl (C=O) groups is 2. The number of nitrogens with two attached hydrogens (primary N) is 1. The molecule has 0 aliphatic rings. The molecule has 0 saturated heterocycles. The topological polar surface area (TPSA) is 206 Å². The SMILES string of the molecule is CC(Sc1nc(N)c(C#N)c(-c2c([O-])on[n+]2C)c1C#N)C(=O)Nc1ccc(C(=O)O)cc1. The molecule has 13 heteroatoms. The Hall–Kier alpha value is -4.62. The van der Waals surface area contributed by atoms with Gasteiger partial charge in [-0.2, -0.15) is 10.5 Å². The molecule has 0 fully saturated rings. The highest BCUT2D eigenvalue weighted by molar-refractivity contribution is 8.00. The molecule has 2 aromatic heterocycles. The lowest BCUT2D eigenvalue weighted by molar-refractivity contribution is -0.730. The third-order valence-electron chi connectivity index (χ3n) is 4.47. The standard InChI is InChI=1S/C20H15N7O5S/c1-9(17(28)24-11-5-3-10(4-6-11)19(29)30)33-18-13(8-22)14(12(7-21)16(23)25-18)15-20(31)32-26-27(15)2/h3-6,9H,1-2H3,(H4-,23,24,25,26,28,29,30,31). The van der Waals surface area contributed by atoms with Crippen LogP contribution in [0.15, 0.2) is 33.8 Å². The largest absolute Gasteiger partial charge is 0.539 e. The molecule has 0 bridgehead atoms. The zero-order chi connectivity index (χ0) is 24.3. The number of aryl methyl sites for hydroxylation is 1. The fraction of sp³-hybridized carbons (Fsp3) is 0.150. The van der Waals surface area contributed by atoms with Crippen LogP contribution in [0.1, 0.15) is 28.4 Å². The predicted octanol–water partition coefficient (Wildman–Crippen LogP) is 0.778. The minimum atomic E-state index is -1.09. The summed E-state index contributed by atoms with van der Waals surface area (Å²) in [5.41, 5.74) is 5.79. The van der Waals surface area contributed by atoms with Crippen molar-refractivity contribution in [3.8, 4) is 29.3 Å². The Bertz CT molecular complexity index is 1320. The van der Waals surface area contributed by atoms with Gasteiger partial charge in [0.1, 0.15) is 28.5 Å². The molecule has 12 nitrogen and oxygen atoms in total. The number of aromatic carboxylic acids is 1. The zero-order valence-corrected chi connectivity index (χ0v) is 18.0. The Morgan fingerprint density at radius 3 is 2.42 bits per heavy atom. The van der Waals surface area contributed by atoms with Gasteiger partial charge < -0.3 is 25.8 Å². The summed E-state index contributed by atoms with van der Waals surface area (Å²) in [5.74, 6) is -2.66. The van der Waals surface area contributed by atoms with Crippen LogP contribution in [0.3, 0.4) is 0 Å². The number of aromatic nitrogens is 3. The van der Waals surface area contributed by atoms with Gasteiger partial charge in [-0.1, -0.05) is 16.4 Å². The Morgan fingerprint density at radius 1 is 1.27 bits per heavy atom.